The molecule has 0 aromatic carbocycles. The molecule has 0 aromatic heterocycles. The van der Waals surface area contributed by atoms with Gasteiger partial charge in [-0.1, -0.05) is 78.1 Å². The van der Waals surface area contributed by atoms with E-state index in [4.69, 9.17) is 9.47 Å². The van der Waals surface area contributed by atoms with E-state index in [0.717, 1.165) is 38.5 Å². The van der Waals surface area contributed by atoms with E-state index in [-0.39, 0.29) is 13.2 Å². The highest BCUT2D eigenvalue weighted by Gasteiger charge is 2.36. The third kappa shape index (κ3) is 15.0. The molecule has 29 heavy (non-hydrogen) atoms. The minimum absolute atomic E-state index is 0.290. The van der Waals surface area contributed by atoms with Crippen molar-refractivity contribution in [2.45, 2.75) is 111 Å². The normalized spacial score (nSPS) is 11.3. The fourth-order valence-electron chi connectivity index (χ4n) is 2.89. The van der Waals surface area contributed by atoms with Crippen molar-refractivity contribution < 1.29 is 29.0 Å². The zero-order chi connectivity index (χ0) is 22.0. The minimum atomic E-state index is -1.42. The first-order valence-corrected chi connectivity index (χ1v) is 11.4. The number of aliphatic carboxylic acids is 1. The lowest BCUT2D eigenvalue weighted by Gasteiger charge is -2.24. The topological polar surface area (TPSA) is 89.9 Å². The largest absolute Gasteiger partial charge is 0.481 e. The van der Waals surface area contributed by atoms with Gasteiger partial charge in [-0.25, -0.2) is 0 Å². The Morgan fingerprint density at radius 1 is 0.655 bits per heavy atom. The van der Waals surface area contributed by atoms with E-state index in [9.17, 15) is 19.5 Å². The number of carboxylic acid groups (broad SMARTS) is 1. The summed E-state index contributed by atoms with van der Waals surface area (Å²) in [6.07, 6.45) is 13.3. The van der Waals surface area contributed by atoms with Crippen molar-refractivity contribution in [3.05, 3.63) is 0 Å². The predicted molar refractivity (Wildman–Crippen MR) is 114 cm³/mol. The van der Waals surface area contributed by atoms with Gasteiger partial charge in [0.05, 0.1) is 0 Å². The second-order valence-corrected chi connectivity index (χ2v) is 8.22. The van der Waals surface area contributed by atoms with E-state index in [1.54, 1.807) is 0 Å². The van der Waals surface area contributed by atoms with E-state index in [1.165, 1.54) is 45.4 Å². The number of rotatable bonds is 19. The van der Waals surface area contributed by atoms with Gasteiger partial charge in [-0.3, -0.25) is 14.4 Å². The lowest BCUT2D eigenvalue weighted by atomic mass is 9.93. The number of ether oxygens (including phenoxy) is 2. The van der Waals surface area contributed by atoms with Crippen LogP contribution in [-0.4, -0.2) is 36.2 Å². The van der Waals surface area contributed by atoms with E-state index in [1.807, 2.05) is 0 Å². The molecule has 0 heterocycles. The summed E-state index contributed by atoms with van der Waals surface area (Å²) in [5, 5.41) is 9.47. The van der Waals surface area contributed by atoms with Crippen molar-refractivity contribution in [2.75, 3.05) is 13.2 Å². The van der Waals surface area contributed by atoms with Crippen LogP contribution in [0.5, 0.6) is 0 Å². The number of unbranched alkanes of at least 4 members (excludes halogenated alkanes) is 10. The summed E-state index contributed by atoms with van der Waals surface area (Å²) in [5.74, 6) is -1.94. The first-order chi connectivity index (χ1) is 13.9. The molecule has 170 valence electrons. The van der Waals surface area contributed by atoms with Gasteiger partial charge in [0.2, 0.25) is 0 Å². The first-order valence-electron chi connectivity index (χ1n) is 11.4. The maximum Gasteiger partial charge on any atom is 0.316 e. The molecule has 0 aliphatic carbocycles. The molecule has 0 amide bonds. The van der Waals surface area contributed by atoms with Crippen LogP contribution < -0.4 is 0 Å². The van der Waals surface area contributed by atoms with Crippen LogP contribution in [0.3, 0.4) is 0 Å². The van der Waals surface area contributed by atoms with Crippen LogP contribution in [0.15, 0.2) is 0 Å². The number of carbonyl (C=O) groups is 3. The van der Waals surface area contributed by atoms with Crippen LogP contribution in [0.4, 0.5) is 0 Å². The molecular weight excluding hydrogens is 372 g/mol. The number of carbonyl (C=O) groups excluding carboxylic acids is 2. The molecule has 0 bridgehead atoms. The molecule has 0 aliphatic heterocycles. The van der Waals surface area contributed by atoms with E-state index in [0.29, 0.717) is 12.8 Å². The Hall–Kier alpha value is -1.59. The number of hydrogen-bond acceptors (Lipinski definition) is 5. The highest BCUT2D eigenvalue weighted by atomic mass is 16.6. The van der Waals surface area contributed by atoms with Crippen LogP contribution in [0, 0.1) is 5.41 Å². The van der Waals surface area contributed by atoms with Crippen LogP contribution in [-0.2, 0) is 23.9 Å². The van der Waals surface area contributed by atoms with E-state index in [2.05, 4.69) is 13.8 Å². The number of esters is 2. The molecule has 0 spiro atoms. The van der Waals surface area contributed by atoms with Gasteiger partial charge in [0.15, 0.2) is 0 Å². The smallest absolute Gasteiger partial charge is 0.316 e. The summed E-state index contributed by atoms with van der Waals surface area (Å²) in [7, 11) is 0. The summed E-state index contributed by atoms with van der Waals surface area (Å²) in [6, 6.07) is 0. The van der Waals surface area contributed by atoms with Gasteiger partial charge in [-0.15, -0.1) is 0 Å². The lowest BCUT2D eigenvalue weighted by Crippen LogP contribution is -2.39. The van der Waals surface area contributed by atoms with Gasteiger partial charge in [0.25, 0.3) is 0 Å². The summed E-state index contributed by atoms with van der Waals surface area (Å²) >= 11 is 0. The first kappa shape index (κ1) is 27.4. The van der Waals surface area contributed by atoms with Crippen molar-refractivity contribution in [3.8, 4) is 0 Å². The van der Waals surface area contributed by atoms with Crippen molar-refractivity contribution in [1.29, 1.82) is 0 Å². The van der Waals surface area contributed by atoms with Crippen LogP contribution in [0.2, 0.25) is 0 Å². The van der Waals surface area contributed by atoms with Gasteiger partial charge in [-0.05, 0) is 19.8 Å². The van der Waals surface area contributed by atoms with E-state index < -0.39 is 23.3 Å². The minimum Gasteiger partial charge on any atom is -0.481 e. The summed E-state index contributed by atoms with van der Waals surface area (Å²) in [5.41, 5.74) is -1.42. The second-order valence-electron chi connectivity index (χ2n) is 8.22. The van der Waals surface area contributed by atoms with Crippen molar-refractivity contribution >= 4 is 17.9 Å². The Morgan fingerprint density at radius 3 is 1.34 bits per heavy atom. The molecule has 0 aromatic rings. The summed E-state index contributed by atoms with van der Waals surface area (Å²) in [6.45, 7) is 5.17. The number of carboxylic acids is 1. The Labute approximate surface area is 176 Å². The maximum atomic E-state index is 11.9. The maximum absolute atomic E-state index is 11.9. The van der Waals surface area contributed by atoms with E-state index >= 15 is 0 Å². The Bertz CT molecular complexity index is 428. The SMILES string of the molecule is CCCCCCCCC(=O)OCC(C)(COC(=O)CCCCCCCC)C(=O)O. The van der Waals surface area contributed by atoms with Crippen LogP contribution >= 0.6 is 0 Å². The second kappa shape index (κ2) is 17.3. The molecule has 0 rings (SSSR count). The molecule has 0 aliphatic rings. The van der Waals surface area contributed by atoms with Gasteiger partial charge in [0, 0.05) is 12.8 Å². The van der Waals surface area contributed by atoms with Gasteiger partial charge >= 0.3 is 17.9 Å². The number of hydrogen-bond donors (Lipinski definition) is 1. The fourth-order valence-corrected chi connectivity index (χ4v) is 2.89. The molecule has 6 nitrogen and oxygen atoms in total. The highest BCUT2D eigenvalue weighted by Crippen LogP contribution is 2.19. The standard InChI is InChI=1S/C23H42O6/c1-4-6-8-10-12-14-16-20(24)28-18-23(3,22(26)27)19-29-21(25)17-15-13-11-9-7-5-2/h4-19H2,1-3H3,(H,26,27). The molecule has 0 unspecified atom stereocenters. The van der Waals surface area contributed by atoms with Crippen molar-refractivity contribution in [3.63, 3.8) is 0 Å². The Morgan fingerprint density at radius 2 is 1.00 bits per heavy atom. The molecule has 0 saturated carbocycles. The fraction of sp³-hybridized carbons (Fsp3) is 0.870. The van der Waals surface area contributed by atoms with Crippen LogP contribution in [0.1, 0.15) is 111 Å². The molecule has 0 atom stereocenters. The predicted octanol–water partition coefficient (Wildman–Crippen LogP) is 5.66. The highest BCUT2D eigenvalue weighted by molar-refractivity contribution is 5.76. The molecule has 6 heteroatoms. The van der Waals surface area contributed by atoms with Crippen molar-refractivity contribution in [1.82, 2.24) is 0 Å². The Kier molecular flexibility index (Phi) is 16.3. The summed E-state index contributed by atoms with van der Waals surface area (Å²) in [4.78, 5) is 35.3. The molecule has 0 saturated heterocycles. The summed E-state index contributed by atoms with van der Waals surface area (Å²) < 4.78 is 10.3. The average Bonchev–Trinajstić information content (AvgIpc) is 2.70. The molecule has 0 radical (unpaired) electrons. The zero-order valence-electron chi connectivity index (χ0n) is 18.8. The zero-order valence-corrected chi connectivity index (χ0v) is 18.8. The monoisotopic (exact) mass is 414 g/mol. The third-order valence-electron chi connectivity index (χ3n) is 5.09. The third-order valence-corrected chi connectivity index (χ3v) is 5.09. The van der Waals surface area contributed by atoms with Crippen molar-refractivity contribution in [2.24, 2.45) is 5.41 Å². The quantitative estimate of drug-likeness (QED) is 0.216. The van der Waals surface area contributed by atoms with Gasteiger partial charge in [0.1, 0.15) is 18.6 Å². The molecule has 1 N–H and O–H groups in total. The van der Waals surface area contributed by atoms with Gasteiger partial charge < -0.3 is 14.6 Å². The molecular formula is C23H42O6. The average molecular weight is 415 g/mol. The molecule has 0 fully saturated rings. The van der Waals surface area contributed by atoms with Gasteiger partial charge in [-0.2, -0.15) is 0 Å². The lowest BCUT2D eigenvalue weighted by molar-refractivity contribution is -0.165. The van der Waals surface area contributed by atoms with Crippen LogP contribution in [0.25, 0.3) is 0 Å². The Balaban J connectivity index is 4.08.